The fourth-order valence-corrected chi connectivity index (χ4v) is 1.22. The molecule has 0 saturated heterocycles. The van der Waals surface area contributed by atoms with Gasteiger partial charge in [-0.2, -0.15) is 5.26 Å². The Morgan fingerprint density at radius 3 is 3.07 bits per heavy atom. The van der Waals surface area contributed by atoms with Gasteiger partial charge >= 0.3 is 0 Å². The maximum absolute atomic E-state index is 11.2. The summed E-state index contributed by atoms with van der Waals surface area (Å²) in [5.41, 5.74) is 1.18. The number of fused-ring (bicyclic) bond motifs is 1. The van der Waals surface area contributed by atoms with E-state index in [1.54, 1.807) is 4.40 Å². The van der Waals surface area contributed by atoms with Crippen molar-refractivity contribution < 1.29 is 4.79 Å². The number of hydrogen-bond donors (Lipinski definition) is 0. The predicted molar refractivity (Wildman–Crippen MR) is 47.7 cm³/mol. The average molecular weight is 186 g/mol. The van der Waals surface area contributed by atoms with Crippen molar-refractivity contribution in [3.63, 3.8) is 0 Å². The molecule has 2 aromatic rings. The molecule has 0 N–H and O–H groups in total. The van der Waals surface area contributed by atoms with Crippen molar-refractivity contribution >= 4 is 11.4 Å². The van der Waals surface area contributed by atoms with E-state index in [4.69, 9.17) is 5.26 Å². The molecule has 2 rings (SSSR count). The van der Waals surface area contributed by atoms with Gasteiger partial charge in [-0.05, 0) is 6.92 Å². The largest absolute Gasteiger partial charge is 0.294 e. The van der Waals surface area contributed by atoms with Crippen molar-refractivity contribution in [1.82, 2.24) is 14.4 Å². The summed E-state index contributed by atoms with van der Waals surface area (Å²) in [4.78, 5) is 19.0. The minimum atomic E-state index is -0.113. The molecule has 0 saturated carbocycles. The monoisotopic (exact) mass is 186 g/mol. The van der Waals surface area contributed by atoms with E-state index in [0.717, 1.165) is 0 Å². The van der Waals surface area contributed by atoms with Crippen molar-refractivity contribution in [2.75, 3.05) is 0 Å². The minimum Gasteiger partial charge on any atom is -0.294 e. The van der Waals surface area contributed by atoms with E-state index in [2.05, 4.69) is 9.97 Å². The lowest BCUT2D eigenvalue weighted by molar-refractivity contribution is 0.101. The van der Waals surface area contributed by atoms with Crippen molar-refractivity contribution in [2.24, 2.45) is 0 Å². The normalized spacial score (nSPS) is 10.0. The molecule has 0 atom stereocenters. The fourth-order valence-electron chi connectivity index (χ4n) is 1.22. The Morgan fingerprint density at radius 1 is 1.64 bits per heavy atom. The van der Waals surface area contributed by atoms with E-state index in [-0.39, 0.29) is 11.5 Å². The molecular formula is C9H6N4O. The highest BCUT2D eigenvalue weighted by molar-refractivity contribution is 5.99. The molecule has 0 aromatic carbocycles. The van der Waals surface area contributed by atoms with Gasteiger partial charge in [0.2, 0.25) is 0 Å². The Balaban J connectivity index is 2.81. The molecule has 0 aliphatic carbocycles. The van der Waals surface area contributed by atoms with Crippen LogP contribution in [0.1, 0.15) is 23.0 Å². The Kier molecular flexibility index (Phi) is 1.75. The Labute approximate surface area is 79.6 Å². The second kappa shape index (κ2) is 2.92. The third-order valence-electron chi connectivity index (χ3n) is 1.86. The number of ketones is 1. The van der Waals surface area contributed by atoms with Crippen LogP contribution < -0.4 is 0 Å². The SMILES string of the molecule is CC(=O)c1cncn2cc(C#N)nc12. The van der Waals surface area contributed by atoms with E-state index < -0.39 is 0 Å². The number of aromatic nitrogens is 3. The average Bonchev–Trinajstić information content (AvgIpc) is 2.59. The minimum absolute atomic E-state index is 0.113. The van der Waals surface area contributed by atoms with Gasteiger partial charge in [0.05, 0.1) is 5.56 Å². The van der Waals surface area contributed by atoms with Crippen LogP contribution in [0.4, 0.5) is 0 Å². The number of nitriles is 1. The number of hydrogen-bond acceptors (Lipinski definition) is 4. The van der Waals surface area contributed by atoms with Crippen molar-refractivity contribution in [3.05, 3.63) is 30.0 Å². The van der Waals surface area contributed by atoms with Crippen LogP contribution in [0.25, 0.3) is 5.65 Å². The van der Waals surface area contributed by atoms with Crippen LogP contribution in [0.15, 0.2) is 18.7 Å². The lowest BCUT2D eigenvalue weighted by atomic mass is 10.2. The van der Waals surface area contributed by atoms with Crippen molar-refractivity contribution in [1.29, 1.82) is 5.26 Å². The van der Waals surface area contributed by atoms with Gasteiger partial charge in [-0.25, -0.2) is 9.97 Å². The summed E-state index contributed by atoms with van der Waals surface area (Å²) in [7, 11) is 0. The summed E-state index contributed by atoms with van der Waals surface area (Å²) in [5, 5.41) is 8.64. The summed E-state index contributed by atoms with van der Waals surface area (Å²) < 4.78 is 1.56. The third-order valence-corrected chi connectivity index (χ3v) is 1.86. The van der Waals surface area contributed by atoms with E-state index >= 15 is 0 Å². The molecule has 0 spiro atoms. The van der Waals surface area contributed by atoms with Gasteiger partial charge in [-0.15, -0.1) is 0 Å². The molecule has 14 heavy (non-hydrogen) atoms. The van der Waals surface area contributed by atoms with Gasteiger partial charge in [0.25, 0.3) is 0 Å². The van der Waals surface area contributed by atoms with Crippen LogP contribution in [0, 0.1) is 11.3 Å². The van der Waals surface area contributed by atoms with Crippen LogP contribution in [-0.2, 0) is 0 Å². The van der Waals surface area contributed by atoms with Gasteiger partial charge in [-0.1, -0.05) is 0 Å². The van der Waals surface area contributed by atoms with Gasteiger partial charge < -0.3 is 0 Å². The number of carbonyl (C=O) groups excluding carboxylic acids is 1. The first-order chi connectivity index (χ1) is 6.72. The zero-order valence-corrected chi connectivity index (χ0v) is 7.43. The molecule has 2 heterocycles. The van der Waals surface area contributed by atoms with Crippen molar-refractivity contribution in [3.8, 4) is 6.07 Å². The topological polar surface area (TPSA) is 71.1 Å². The quantitative estimate of drug-likeness (QED) is 0.617. The molecule has 0 amide bonds. The molecule has 0 radical (unpaired) electrons. The van der Waals surface area contributed by atoms with Crippen LogP contribution in [0.2, 0.25) is 0 Å². The molecular weight excluding hydrogens is 180 g/mol. The Hall–Kier alpha value is -2.22. The lowest BCUT2D eigenvalue weighted by Gasteiger charge is -1.96. The van der Waals surface area contributed by atoms with Crippen molar-refractivity contribution in [2.45, 2.75) is 6.92 Å². The van der Waals surface area contributed by atoms with Gasteiger partial charge in [0.1, 0.15) is 12.4 Å². The zero-order chi connectivity index (χ0) is 10.1. The van der Waals surface area contributed by atoms with Gasteiger partial charge in [0, 0.05) is 12.4 Å². The molecule has 5 nitrogen and oxygen atoms in total. The molecule has 2 aromatic heterocycles. The predicted octanol–water partition coefficient (Wildman–Crippen LogP) is 0.804. The van der Waals surface area contributed by atoms with E-state index in [1.807, 2.05) is 6.07 Å². The fraction of sp³-hybridized carbons (Fsp3) is 0.111. The molecule has 5 heteroatoms. The summed E-state index contributed by atoms with van der Waals surface area (Å²) in [6.45, 7) is 1.44. The molecule has 0 aliphatic heterocycles. The number of Topliss-reactive ketones (excluding diaryl/α,β-unsaturated/α-hetero) is 1. The zero-order valence-electron chi connectivity index (χ0n) is 7.43. The van der Waals surface area contributed by atoms with Crippen LogP contribution in [-0.4, -0.2) is 20.2 Å². The molecule has 0 aliphatic rings. The number of rotatable bonds is 1. The third kappa shape index (κ3) is 1.13. The molecule has 68 valence electrons. The maximum Gasteiger partial charge on any atom is 0.165 e. The van der Waals surface area contributed by atoms with Crippen LogP contribution in [0.3, 0.4) is 0 Å². The summed E-state index contributed by atoms with van der Waals surface area (Å²) in [6, 6.07) is 1.91. The summed E-state index contributed by atoms with van der Waals surface area (Å²) in [5.74, 6) is -0.113. The Bertz CT molecular complexity index is 549. The maximum atomic E-state index is 11.2. The first-order valence-electron chi connectivity index (χ1n) is 3.96. The van der Waals surface area contributed by atoms with E-state index in [1.165, 1.54) is 25.6 Å². The second-order valence-electron chi connectivity index (χ2n) is 2.83. The highest BCUT2D eigenvalue weighted by Gasteiger charge is 2.09. The van der Waals surface area contributed by atoms with E-state index in [9.17, 15) is 4.79 Å². The first kappa shape index (κ1) is 8.38. The summed E-state index contributed by atoms with van der Waals surface area (Å²) >= 11 is 0. The molecule has 0 bridgehead atoms. The number of nitrogens with zero attached hydrogens (tertiary/aromatic N) is 4. The number of carbonyl (C=O) groups is 1. The van der Waals surface area contributed by atoms with Gasteiger partial charge in [-0.3, -0.25) is 9.20 Å². The Morgan fingerprint density at radius 2 is 2.43 bits per heavy atom. The second-order valence-corrected chi connectivity index (χ2v) is 2.83. The van der Waals surface area contributed by atoms with Crippen LogP contribution in [0.5, 0.6) is 0 Å². The smallest absolute Gasteiger partial charge is 0.165 e. The molecule has 0 unspecified atom stereocenters. The highest BCUT2D eigenvalue weighted by Crippen LogP contribution is 2.09. The first-order valence-corrected chi connectivity index (χ1v) is 3.96. The van der Waals surface area contributed by atoms with Crippen LogP contribution >= 0.6 is 0 Å². The lowest BCUT2D eigenvalue weighted by Crippen LogP contribution is -1.98. The molecule has 0 fully saturated rings. The standard InChI is InChI=1S/C9H6N4O/c1-6(14)8-3-11-5-13-4-7(2-10)12-9(8)13/h3-5H,1H3. The summed E-state index contributed by atoms with van der Waals surface area (Å²) in [6.07, 6.45) is 4.50. The number of imidazole rings is 1. The van der Waals surface area contributed by atoms with Gasteiger partial charge in [0.15, 0.2) is 17.1 Å². The highest BCUT2D eigenvalue weighted by atomic mass is 16.1. The van der Waals surface area contributed by atoms with E-state index in [0.29, 0.717) is 11.2 Å².